The molecule has 0 radical (unpaired) electrons. The fourth-order valence-corrected chi connectivity index (χ4v) is 4.36. The van der Waals surface area contributed by atoms with Crippen LogP contribution < -0.4 is 4.72 Å². The Hall–Kier alpha value is -0.700. The van der Waals surface area contributed by atoms with Crippen molar-refractivity contribution >= 4 is 41.9 Å². The first-order valence-corrected chi connectivity index (χ1v) is 8.90. The molecule has 1 aromatic heterocycles. The highest BCUT2D eigenvalue weighted by Gasteiger charge is 2.18. The van der Waals surface area contributed by atoms with Crippen LogP contribution in [0.1, 0.15) is 11.4 Å². The van der Waals surface area contributed by atoms with Crippen molar-refractivity contribution in [1.29, 1.82) is 0 Å². The van der Waals surface area contributed by atoms with Crippen molar-refractivity contribution in [2.45, 2.75) is 18.2 Å². The Balaban J connectivity index is 2.12. The van der Waals surface area contributed by atoms with Gasteiger partial charge in [-0.25, -0.2) is 18.1 Å². The topological polar surface area (TPSA) is 74.8 Å². The average Bonchev–Trinajstić information content (AvgIpc) is 2.86. The van der Waals surface area contributed by atoms with Gasteiger partial charge in [0, 0.05) is 34.3 Å². The highest BCUT2D eigenvalue weighted by molar-refractivity contribution is 9.11. The minimum Gasteiger partial charge on any atom is -0.349 e. The summed E-state index contributed by atoms with van der Waals surface area (Å²) in [7, 11) is -3.55. The number of H-pyrrole nitrogens is 1. The zero-order valence-electron chi connectivity index (χ0n) is 10.7. The maximum absolute atomic E-state index is 12.3. The number of nitrogens with zero attached hydrogens (tertiary/aromatic N) is 1. The highest BCUT2D eigenvalue weighted by Crippen LogP contribution is 2.28. The molecule has 5 nitrogen and oxygen atoms in total. The maximum Gasteiger partial charge on any atom is 0.241 e. The van der Waals surface area contributed by atoms with E-state index in [9.17, 15) is 8.42 Å². The number of hydrogen-bond donors (Lipinski definition) is 2. The summed E-state index contributed by atoms with van der Waals surface area (Å²) in [6.45, 7) is 2.18. The molecule has 0 fully saturated rings. The molecule has 0 amide bonds. The van der Waals surface area contributed by atoms with Crippen LogP contribution in [0, 0.1) is 6.92 Å². The van der Waals surface area contributed by atoms with Gasteiger partial charge in [0.25, 0.3) is 0 Å². The molecular formula is C12H13Br2N3O2S. The lowest BCUT2D eigenvalue weighted by Gasteiger charge is -2.10. The summed E-state index contributed by atoms with van der Waals surface area (Å²) in [6, 6.07) is 3.36. The van der Waals surface area contributed by atoms with Crippen LogP contribution in [0.2, 0.25) is 0 Å². The predicted molar refractivity (Wildman–Crippen MR) is 84.1 cm³/mol. The second-order valence-corrected chi connectivity index (χ2v) is 7.66. The van der Waals surface area contributed by atoms with Gasteiger partial charge >= 0.3 is 0 Å². The van der Waals surface area contributed by atoms with Gasteiger partial charge in [0.2, 0.25) is 10.0 Å². The standard InChI is InChI=1S/C12H13Br2N3O2S/c1-8-6-10(14)11(7-9(8)13)20(18,19)17-3-2-12-15-4-5-16-12/h4-7,17H,2-3H2,1H3,(H,15,16). The number of rotatable bonds is 5. The van der Waals surface area contributed by atoms with Gasteiger partial charge in [-0.05, 0) is 40.5 Å². The number of nitrogens with one attached hydrogen (secondary N) is 2. The van der Waals surface area contributed by atoms with Crippen LogP contribution in [0.3, 0.4) is 0 Å². The van der Waals surface area contributed by atoms with E-state index < -0.39 is 10.0 Å². The summed E-state index contributed by atoms with van der Waals surface area (Å²) in [5.41, 5.74) is 0.964. The van der Waals surface area contributed by atoms with E-state index in [1.165, 1.54) is 0 Å². The molecule has 0 unspecified atom stereocenters. The fourth-order valence-electron chi connectivity index (χ4n) is 1.65. The zero-order chi connectivity index (χ0) is 14.8. The number of aryl methyl sites for hydroxylation is 1. The fraction of sp³-hybridized carbons (Fsp3) is 0.250. The Bertz CT molecular complexity index is 700. The summed E-state index contributed by atoms with van der Waals surface area (Å²) in [5.74, 6) is 0.747. The van der Waals surface area contributed by atoms with E-state index in [1.54, 1.807) is 24.5 Å². The van der Waals surface area contributed by atoms with Crippen LogP contribution in [-0.2, 0) is 16.4 Å². The molecule has 1 heterocycles. The van der Waals surface area contributed by atoms with Gasteiger partial charge in [-0.2, -0.15) is 0 Å². The molecule has 8 heteroatoms. The van der Waals surface area contributed by atoms with E-state index in [0.29, 0.717) is 10.9 Å². The first-order valence-electron chi connectivity index (χ1n) is 5.84. The van der Waals surface area contributed by atoms with Crippen molar-refractivity contribution in [3.05, 3.63) is 44.9 Å². The average molecular weight is 423 g/mol. The molecule has 0 aliphatic heterocycles. The molecule has 2 N–H and O–H groups in total. The summed E-state index contributed by atoms with van der Waals surface area (Å²) < 4.78 is 28.4. The number of halogens is 2. The van der Waals surface area contributed by atoms with E-state index in [2.05, 4.69) is 46.5 Å². The summed E-state index contributed by atoms with van der Waals surface area (Å²) >= 11 is 6.63. The summed E-state index contributed by atoms with van der Waals surface area (Å²) in [4.78, 5) is 7.19. The molecule has 0 aliphatic carbocycles. The minimum atomic E-state index is -3.55. The van der Waals surface area contributed by atoms with Gasteiger partial charge in [-0.3, -0.25) is 0 Å². The van der Waals surface area contributed by atoms with Crippen molar-refractivity contribution < 1.29 is 8.42 Å². The van der Waals surface area contributed by atoms with E-state index in [0.717, 1.165) is 15.9 Å². The third kappa shape index (κ3) is 3.69. The normalized spacial score (nSPS) is 11.8. The second kappa shape index (κ2) is 6.38. The van der Waals surface area contributed by atoms with E-state index in [1.807, 2.05) is 6.92 Å². The number of hydrogen-bond acceptors (Lipinski definition) is 3. The highest BCUT2D eigenvalue weighted by atomic mass is 79.9. The molecule has 20 heavy (non-hydrogen) atoms. The van der Waals surface area contributed by atoms with Crippen LogP contribution >= 0.6 is 31.9 Å². The van der Waals surface area contributed by atoms with Crippen LogP contribution in [-0.4, -0.2) is 24.9 Å². The van der Waals surface area contributed by atoms with Crippen LogP contribution in [0.4, 0.5) is 0 Å². The van der Waals surface area contributed by atoms with E-state index in [4.69, 9.17) is 0 Å². The SMILES string of the molecule is Cc1cc(Br)c(S(=O)(=O)NCCc2ncc[nH]2)cc1Br. The van der Waals surface area contributed by atoms with Gasteiger partial charge in [-0.15, -0.1) is 0 Å². The van der Waals surface area contributed by atoms with Crippen molar-refractivity contribution in [3.8, 4) is 0 Å². The lowest BCUT2D eigenvalue weighted by atomic mass is 10.2. The Morgan fingerprint density at radius 2 is 2.05 bits per heavy atom. The predicted octanol–water partition coefficient (Wildman–Crippen LogP) is 2.76. The molecule has 1 aromatic carbocycles. The molecule has 0 saturated carbocycles. The molecule has 0 aliphatic rings. The Morgan fingerprint density at radius 1 is 1.30 bits per heavy atom. The number of imidazole rings is 1. The maximum atomic E-state index is 12.3. The number of aromatic nitrogens is 2. The monoisotopic (exact) mass is 421 g/mol. The van der Waals surface area contributed by atoms with Crippen molar-refractivity contribution in [2.24, 2.45) is 0 Å². The zero-order valence-corrected chi connectivity index (χ0v) is 14.6. The van der Waals surface area contributed by atoms with Crippen molar-refractivity contribution in [3.63, 3.8) is 0 Å². The summed E-state index contributed by atoms with van der Waals surface area (Å²) in [6.07, 6.45) is 3.85. The second-order valence-electron chi connectivity index (χ2n) is 4.22. The van der Waals surface area contributed by atoms with E-state index >= 15 is 0 Å². The summed E-state index contributed by atoms with van der Waals surface area (Å²) in [5, 5.41) is 0. The molecule has 2 aromatic rings. The first-order chi connectivity index (χ1) is 9.40. The Morgan fingerprint density at radius 3 is 2.70 bits per heavy atom. The molecule has 0 bridgehead atoms. The molecule has 0 saturated heterocycles. The number of sulfonamides is 1. The largest absolute Gasteiger partial charge is 0.349 e. The van der Waals surface area contributed by atoms with Gasteiger partial charge in [0.15, 0.2) is 0 Å². The van der Waals surface area contributed by atoms with Crippen LogP contribution in [0.5, 0.6) is 0 Å². The molecule has 0 spiro atoms. The Labute approximate surface area is 134 Å². The molecule has 108 valence electrons. The minimum absolute atomic E-state index is 0.217. The van der Waals surface area contributed by atoms with Gasteiger partial charge in [0.05, 0.1) is 4.90 Å². The third-order valence-corrected chi connectivity index (χ3v) is 5.99. The quantitative estimate of drug-likeness (QED) is 0.777. The van der Waals surface area contributed by atoms with Gasteiger partial charge in [0.1, 0.15) is 5.82 Å². The molecule has 2 rings (SSSR count). The molecular weight excluding hydrogens is 410 g/mol. The first kappa shape index (κ1) is 15.7. The number of aromatic amines is 1. The van der Waals surface area contributed by atoms with E-state index in [-0.39, 0.29) is 11.4 Å². The van der Waals surface area contributed by atoms with Gasteiger partial charge in [-0.1, -0.05) is 15.9 Å². The van der Waals surface area contributed by atoms with Crippen LogP contribution in [0.15, 0.2) is 38.4 Å². The van der Waals surface area contributed by atoms with Crippen LogP contribution in [0.25, 0.3) is 0 Å². The lowest BCUT2D eigenvalue weighted by molar-refractivity contribution is 0.580. The smallest absolute Gasteiger partial charge is 0.241 e. The third-order valence-electron chi connectivity index (χ3n) is 2.71. The molecule has 0 atom stereocenters. The van der Waals surface area contributed by atoms with Crippen molar-refractivity contribution in [2.75, 3.05) is 6.54 Å². The van der Waals surface area contributed by atoms with Crippen molar-refractivity contribution in [1.82, 2.24) is 14.7 Å². The number of benzene rings is 1. The lowest BCUT2D eigenvalue weighted by Crippen LogP contribution is -2.26. The Kier molecular flexibility index (Phi) is 5.00. The van der Waals surface area contributed by atoms with Gasteiger partial charge < -0.3 is 4.98 Å².